The van der Waals surface area contributed by atoms with Gasteiger partial charge in [-0.15, -0.1) is 0 Å². The summed E-state index contributed by atoms with van der Waals surface area (Å²) < 4.78 is 36.5. The van der Waals surface area contributed by atoms with Gasteiger partial charge >= 0.3 is 0 Å². The molecule has 0 aliphatic carbocycles. The molecule has 0 saturated carbocycles. The fraction of sp³-hybridized carbons (Fsp3) is 0.409. The highest BCUT2D eigenvalue weighted by atomic mass is 32.2. The Morgan fingerprint density at radius 2 is 1.39 bits per heavy atom. The Bertz CT molecular complexity index is 985. The molecule has 31 heavy (non-hydrogen) atoms. The molecule has 0 unspecified atom stereocenters. The Morgan fingerprint density at radius 1 is 0.903 bits per heavy atom. The highest BCUT2D eigenvalue weighted by Gasteiger charge is 2.33. The van der Waals surface area contributed by atoms with Gasteiger partial charge in [-0.25, -0.2) is 8.42 Å². The minimum atomic E-state index is -3.66. The summed E-state index contributed by atoms with van der Waals surface area (Å²) in [6.07, 6.45) is 1.11. The smallest absolute Gasteiger partial charge is 0.246 e. The molecule has 3 rings (SSSR count). The monoisotopic (exact) mass is 447 g/mol. The summed E-state index contributed by atoms with van der Waals surface area (Å²) in [5.41, 5.74) is 1.50. The van der Waals surface area contributed by atoms with Crippen LogP contribution in [-0.4, -0.2) is 71.9 Å². The Hall–Kier alpha value is -2.94. The molecule has 168 valence electrons. The van der Waals surface area contributed by atoms with Crippen molar-refractivity contribution in [1.82, 2.24) is 4.90 Å². The van der Waals surface area contributed by atoms with Crippen LogP contribution >= 0.6 is 0 Å². The van der Waals surface area contributed by atoms with E-state index in [1.165, 1.54) is 4.31 Å². The molecule has 1 aliphatic rings. The molecule has 1 saturated heterocycles. The van der Waals surface area contributed by atoms with Crippen LogP contribution in [0.25, 0.3) is 0 Å². The fourth-order valence-electron chi connectivity index (χ4n) is 3.77. The average Bonchev–Trinajstić information content (AvgIpc) is 2.78. The van der Waals surface area contributed by atoms with Crippen molar-refractivity contribution in [3.05, 3.63) is 48.5 Å². The number of benzene rings is 2. The number of rotatable bonds is 7. The first kappa shape index (κ1) is 22.7. The first-order chi connectivity index (χ1) is 14.7. The third kappa shape index (κ3) is 5.22. The van der Waals surface area contributed by atoms with Gasteiger partial charge in [0.15, 0.2) is 0 Å². The van der Waals surface area contributed by atoms with Crippen LogP contribution in [0.1, 0.15) is 6.92 Å². The number of carbonyl (C=O) groups is 1. The van der Waals surface area contributed by atoms with Crippen LogP contribution in [0.4, 0.5) is 11.4 Å². The predicted molar refractivity (Wildman–Crippen MR) is 122 cm³/mol. The third-order valence-electron chi connectivity index (χ3n) is 5.42. The van der Waals surface area contributed by atoms with Crippen LogP contribution in [0, 0.1) is 0 Å². The maximum atomic E-state index is 13.2. The maximum Gasteiger partial charge on any atom is 0.246 e. The Kier molecular flexibility index (Phi) is 6.94. The molecule has 1 amide bonds. The molecule has 9 heteroatoms. The number of amides is 1. The van der Waals surface area contributed by atoms with Crippen LogP contribution in [0.5, 0.6) is 11.5 Å². The summed E-state index contributed by atoms with van der Waals surface area (Å²) in [7, 11) is -0.484. The SMILES string of the molecule is COc1ccc(N2CCN(C(=O)[C@@H](C)N(c3ccc(OC)cc3)S(C)(=O)=O)CC2)cc1. The largest absolute Gasteiger partial charge is 0.497 e. The lowest BCUT2D eigenvalue weighted by atomic mass is 10.2. The number of hydrogen-bond donors (Lipinski definition) is 0. The van der Waals surface area contributed by atoms with E-state index in [-0.39, 0.29) is 5.91 Å². The number of sulfonamides is 1. The summed E-state index contributed by atoms with van der Waals surface area (Å²) in [6.45, 7) is 4.02. The molecule has 0 aromatic heterocycles. The lowest BCUT2D eigenvalue weighted by molar-refractivity contribution is -0.132. The maximum absolute atomic E-state index is 13.2. The van der Waals surface area contributed by atoms with E-state index in [1.54, 1.807) is 50.3 Å². The number of ether oxygens (including phenoxy) is 2. The molecule has 1 heterocycles. The number of hydrogen-bond acceptors (Lipinski definition) is 6. The summed E-state index contributed by atoms with van der Waals surface area (Å²) >= 11 is 0. The molecule has 0 bridgehead atoms. The van der Waals surface area contributed by atoms with E-state index in [4.69, 9.17) is 9.47 Å². The third-order valence-corrected chi connectivity index (χ3v) is 6.66. The average molecular weight is 448 g/mol. The quantitative estimate of drug-likeness (QED) is 0.648. The van der Waals surface area contributed by atoms with Crippen molar-refractivity contribution in [3.8, 4) is 11.5 Å². The van der Waals surface area contributed by atoms with Gasteiger partial charge in [-0.3, -0.25) is 9.10 Å². The second kappa shape index (κ2) is 9.47. The normalized spacial score (nSPS) is 15.4. The number of nitrogens with zero attached hydrogens (tertiary/aromatic N) is 3. The van der Waals surface area contributed by atoms with Crippen molar-refractivity contribution in [2.75, 3.05) is 55.9 Å². The highest BCUT2D eigenvalue weighted by molar-refractivity contribution is 7.92. The van der Waals surface area contributed by atoms with Gasteiger partial charge in [0.2, 0.25) is 15.9 Å². The molecule has 0 spiro atoms. The van der Waals surface area contributed by atoms with Gasteiger partial charge in [0, 0.05) is 31.9 Å². The van der Waals surface area contributed by atoms with Gasteiger partial charge in [-0.2, -0.15) is 0 Å². The lowest BCUT2D eigenvalue weighted by Gasteiger charge is -2.39. The molecule has 0 radical (unpaired) electrons. The standard InChI is InChI=1S/C22H29N3O5S/c1-17(25(31(4,27)28)19-7-11-21(30-3)12-8-19)22(26)24-15-13-23(14-16-24)18-5-9-20(29-2)10-6-18/h5-12,17H,13-16H2,1-4H3/t17-/m1/s1. The minimum Gasteiger partial charge on any atom is -0.497 e. The van der Waals surface area contributed by atoms with E-state index in [9.17, 15) is 13.2 Å². The van der Waals surface area contributed by atoms with E-state index in [0.717, 1.165) is 17.7 Å². The van der Waals surface area contributed by atoms with E-state index in [0.29, 0.717) is 37.6 Å². The van der Waals surface area contributed by atoms with E-state index in [1.807, 2.05) is 24.3 Å². The molecular formula is C22H29N3O5S. The first-order valence-corrected chi connectivity index (χ1v) is 11.9. The minimum absolute atomic E-state index is 0.212. The zero-order valence-electron chi connectivity index (χ0n) is 18.3. The van der Waals surface area contributed by atoms with Crippen molar-refractivity contribution in [1.29, 1.82) is 0 Å². The number of methoxy groups -OCH3 is 2. The van der Waals surface area contributed by atoms with Crippen molar-refractivity contribution >= 4 is 27.3 Å². The molecule has 1 fully saturated rings. The van der Waals surface area contributed by atoms with Gasteiger partial charge < -0.3 is 19.3 Å². The zero-order chi connectivity index (χ0) is 22.6. The number of piperazine rings is 1. The number of carbonyl (C=O) groups excluding carboxylic acids is 1. The van der Waals surface area contributed by atoms with Gasteiger partial charge in [0.25, 0.3) is 0 Å². The fourth-order valence-corrected chi connectivity index (χ4v) is 4.94. The topological polar surface area (TPSA) is 79.4 Å². The lowest BCUT2D eigenvalue weighted by Crippen LogP contribution is -2.55. The highest BCUT2D eigenvalue weighted by Crippen LogP contribution is 2.25. The van der Waals surface area contributed by atoms with Crippen LogP contribution in [0.15, 0.2) is 48.5 Å². The molecule has 1 aliphatic heterocycles. The number of anilines is 2. The zero-order valence-corrected chi connectivity index (χ0v) is 19.1. The molecule has 1 atom stereocenters. The molecule has 2 aromatic carbocycles. The van der Waals surface area contributed by atoms with Crippen LogP contribution in [-0.2, 0) is 14.8 Å². The van der Waals surface area contributed by atoms with Gasteiger partial charge in [0.1, 0.15) is 17.5 Å². The van der Waals surface area contributed by atoms with Crippen molar-refractivity contribution in [3.63, 3.8) is 0 Å². The summed E-state index contributed by atoms with van der Waals surface area (Å²) in [5.74, 6) is 1.20. The van der Waals surface area contributed by atoms with Crippen LogP contribution in [0.3, 0.4) is 0 Å². The Morgan fingerprint density at radius 3 is 1.84 bits per heavy atom. The van der Waals surface area contributed by atoms with E-state index < -0.39 is 16.1 Å². The van der Waals surface area contributed by atoms with E-state index >= 15 is 0 Å². The van der Waals surface area contributed by atoms with Gasteiger partial charge in [0.05, 0.1) is 26.2 Å². The summed E-state index contributed by atoms with van der Waals surface area (Å²) in [6, 6.07) is 13.6. The molecule has 0 N–H and O–H groups in total. The summed E-state index contributed by atoms with van der Waals surface area (Å²) in [5, 5.41) is 0. The second-order valence-electron chi connectivity index (χ2n) is 7.44. The van der Waals surface area contributed by atoms with Crippen molar-refractivity contribution < 1.29 is 22.7 Å². The van der Waals surface area contributed by atoms with Gasteiger partial charge in [-0.1, -0.05) is 0 Å². The molecule has 8 nitrogen and oxygen atoms in total. The van der Waals surface area contributed by atoms with Crippen LogP contribution in [0.2, 0.25) is 0 Å². The van der Waals surface area contributed by atoms with Gasteiger partial charge in [-0.05, 0) is 55.5 Å². The van der Waals surface area contributed by atoms with Crippen molar-refractivity contribution in [2.45, 2.75) is 13.0 Å². The summed E-state index contributed by atoms with van der Waals surface area (Å²) in [4.78, 5) is 17.1. The second-order valence-corrected chi connectivity index (χ2v) is 9.30. The molecule has 2 aromatic rings. The first-order valence-electron chi connectivity index (χ1n) is 10.1. The Balaban J connectivity index is 1.70. The molecular weight excluding hydrogens is 418 g/mol. The van der Waals surface area contributed by atoms with Crippen molar-refractivity contribution in [2.24, 2.45) is 0 Å². The Labute approximate surface area is 184 Å². The van der Waals surface area contributed by atoms with Crippen LogP contribution < -0.4 is 18.7 Å². The van der Waals surface area contributed by atoms with E-state index in [2.05, 4.69) is 4.90 Å². The predicted octanol–water partition coefficient (Wildman–Crippen LogP) is 2.21.